The molecule has 0 saturated carbocycles. The molecule has 1 fully saturated rings. The maximum absolute atomic E-state index is 12.2. The van der Waals surface area contributed by atoms with E-state index in [1.807, 2.05) is 18.2 Å². The lowest BCUT2D eigenvalue weighted by Crippen LogP contribution is -2.36. The highest BCUT2D eigenvalue weighted by molar-refractivity contribution is 6.01. The standard InChI is InChI=1S/C22H25N3O4/c1-3-12-29-19-7-4-17(15-20(19)27-2)5-9-22(26)24-18-6-8-21(23-16-18)25-10-13-28-14-11-25/h3-9,15-16H,1,10-14H2,2H3,(H,24,26)/b9-5+. The van der Waals surface area contributed by atoms with E-state index in [4.69, 9.17) is 14.2 Å². The van der Waals surface area contributed by atoms with Crippen molar-refractivity contribution < 1.29 is 19.0 Å². The van der Waals surface area contributed by atoms with Gasteiger partial charge < -0.3 is 24.4 Å². The van der Waals surface area contributed by atoms with Gasteiger partial charge in [-0.1, -0.05) is 18.7 Å². The second-order valence-electron chi connectivity index (χ2n) is 6.34. The summed E-state index contributed by atoms with van der Waals surface area (Å²) >= 11 is 0. The fourth-order valence-electron chi connectivity index (χ4n) is 2.85. The van der Waals surface area contributed by atoms with Gasteiger partial charge in [-0.25, -0.2) is 4.98 Å². The van der Waals surface area contributed by atoms with E-state index in [0.717, 1.165) is 24.5 Å². The molecule has 1 aliphatic rings. The fraction of sp³-hybridized carbons (Fsp3) is 0.273. The lowest BCUT2D eigenvalue weighted by molar-refractivity contribution is -0.111. The molecule has 152 valence electrons. The summed E-state index contributed by atoms with van der Waals surface area (Å²) in [7, 11) is 1.57. The van der Waals surface area contributed by atoms with Crippen molar-refractivity contribution in [3.8, 4) is 11.5 Å². The van der Waals surface area contributed by atoms with Crippen LogP contribution in [0.1, 0.15) is 5.56 Å². The first-order chi connectivity index (χ1) is 14.2. The van der Waals surface area contributed by atoms with Crippen LogP contribution in [0.5, 0.6) is 11.5 Å². The Morgan fingerprint density at radius 2 is 2.10 bits per heavy atom. The zero-order valence-corrected chi connectivity index (χ0v) is 16.5. The highest BCUT2D eigenvalue weighted by atomic mass is 16.5. The lowest BCUT2D eigenvalue weighted by Gasteiger charge is -2.27. The summed E-state index contributed by atoms with van der Waals surface area (Å²) in [6.07, 6.45) is 6.50. The lowest BCUT2D eigenvalue weighted by atomic mass is 10.2. The number of hydrogen-bond donors (Lipinski definition) is 1. The van der Waals surface area contributed by atoms with Gasteiger partial charge in [0.2, 0.25) is 5.91 Å². The fourth-order valence-corrected chi connectivity index (χ4v) is 2.85. The molecule has 2 aromatic rings. The van der Waals surface area contributed by atoms with Gasteiger partial charge in [-0.3, -0.25) is 4.79 Å². The summed E-state index contributed by atoms with van der Waals surface area (Å²) in [5, 5.41) is 2.81. The number of carbonyl (C=O) groups excluding carboxylic acids is 1. The Morgan fingerprint density at radius 1 is 1.28 bits per heavy atom. The smallest absolute Gasteiger partial charge is 0.248 e. The van der Waals surface area contributed by atoms with Crippen molar-refractivity contribution in [1.29, 1.82) is 0 Å². The van der Waals surface area contributed by atoms with E-state index in [-0.39, 0.29) is 5.91 Å². The molecule has 1 amide bonds. The van der Waals surface area contributed by atoms with Gasteiger partial charge in [0.1, 0.15) is 12.4 Å². The van der Waals surface area contributed by atoms with Crippen molar-refractivity contribution in [2.45, 2.75) is 0 Å². The number of anilines is 2. The molecule has 1 saturated heterocycles. The van der Waals surface area contributed by atoms with Gasteiger partial charge >= 0.3 is 0 Å². The SMILES string of the molecule is C=CCOc1ccc(/C=C/C(=O)Nc2ccc(N3CCOCC3)nc2)cc1OC. The molecule has 0 spiro atoms. The normalized spacial score (nSPS) is 13.9. The second-order valence-corrected chi connectivity index (χ2v) is 6.34. The highest BCUT2D eigenvalue weighted by Crippen LogP contribution is 2.28. The minimum absolute atomic E-state index is 0.239. The number of nitrogens with one attached hydrogen (secondary N) is 1. The number of amides is 1. The molecule has 1 aromatic carbocycles. The molecular formula is C22H25N3O4. The van der Waals surface area contributed by atoms with E-state index < -0.39 is 0 Å². The molecule has 0 atom stereocenters. The Balaban J connectivity index is 1.58. The van der Waals surface area contributed by atoms with Crippen LogP contribution in [-0.4, -0.2) is 50.9 Å². The van der Waals surface area contributed by atoms with Crippen molar-refractivity contribution in [3.05, 3.63) is 60.8 Å². The first-order valence-electron chi connectivity index (χ1n) is 9.39. The average Bonchev–Trinajstić information content (AvgIpc) is 2.77. The van der Waals surface area contributed by atoms with Crippen LogP contribution in [0.2, 0.25) is 0 Å². The largest absolute Gasteiger partial charge is 0.493 e. The van der Waals surface area contributed by atoms with Gasteiger partial charge in [-0.15, -0.1) is 0 Å². The summed E-state index contributed by atoms with van der Waals surface area (Å²) in [5.41, 5.74) is 1.46. The first-order valence-corrected chi connectivity index (χ1v) is 9.39. The topological polar surface area (TPSA) is 72.9 Å². The molecule has 0 bridgehead atoms. The number of hydrogen-bond acceptors (Lipinski definition) is 6. The number of benzene rings is 1. The van der Waals surface area contributed by atoms with E-state index in [1.54, 1.807) is 37.6 Å². The van der Waals surface area contributed by atoms with E-state index in [9.17, 15) is 4.79 Å². The Bertz CT molecular complexity index is 859. The number of morpholine rings is 1. The highest BCUT2D eigenvalue weighted by Gasteiger charge is 2.12. The van der Waals surface area contributed by atoms with Gasteiger partial charge in [-0.2, -0.15) is 0 Å². The van der Waals surface area contributed by atoms with Crippen molar-refractivity contribution in [3.63, 3.8) is 0 Å². The van der Waals surface area contributed by atoms with Crippen LogP contribution < -0.4 is 19.7 Å². The quantitative estimate of drug-likeness (QED) is 0.547. The minimum atomic E-state index is -0.239. The van der Waals surface area contributed by atoms with Crippen LogP contribution >= 0.6 is 0 Å². The Labute approximate surface area is 170 Å². The van der Waals surface area contributed by atoms with Crippen LogP contribution in [-0.2, 0) is 9.53 Å². The van der Waals surface area contributed by atoms with E-state index >= 15 is 0 Å². The Kier molecular flexibility index (Phi) is 7.24. The number of methoxy groups -OCH3 is 1. The third-order valence-electron chi connectivity index (χ3n) is 4.32. The maximum atomic E-state index is 12.2. The number of aromatic nitrogens is 1. The third kappa shape index (κ3) is 5.83. The van der Waals surface area contributed by atoms with Crippen LogP contribution in [0.4, 0.5) is 11.5 Å². The number of ether oxygens (including phenoxy) is 3. The number of pyridine rings is 1. The molecule has 7 nitrogen and oxygen atoms in total. The monoisotopic (exact) mass is 395 g/mol. The molecule has 1 aliphatic heterocycles. The minimum Gasteiger partial charge on any atom is -0.493 e. The summed E-state index contributed by atoms with van der Waals surface area (Å²) < 4.78 is 16.2. The molecule has 29 heavy (non-hydrogen) atoms. The zero-order chi connectivity index (χ0) is 20.5. The predicted octanol–water partition coefficient (Wildman–Crippen LogP) is 3.14. The van der Waals surface area contributed by atoms with Crippen molar-refractivity contribution in [1.82, 2.24) is 4.98 Å². The van der Waals surface area contributed by atoms with Crippen molar-refractivity contribution >= 4 is 23.5 Å². The molecule has 7 heteroatoms. The average molecular weight is 395 g/mol. The predicted molar refractivity (Wildman–Crippen MR) is 114 cm³/mol. The molecule has 2 heterocycles. The van der Waals surface area contributed by atoms with E-state index in [2.05, 4.69) is 21.8 Å². The van der Waals surface area contributed by atoms with Gasteiger partial charge in [0.05, 0.1) is 32.2 Å². The first kappa shape index (κ1) is 20.4. The van der Waals surface area contributed by atoms with Gasteiger partial charge in [-0.05, 0) is 35.9 Å². The Morgan fingerprint density at radius 3 is 2.79 bits per heavy atom. The van der Waals surface area contributed by atoms with Crippen molar-refractivity contribution in [2.24, 2.45) is 0 Å². The van der Waals surface area contributed by atoms with Crippen LogP contribution in [0.15, 0.2) is 55.3 Å². The summed E-state index contributed by atoms with van der Waals surface area (Å²) in [5.74, 6) is 1.86. The number of nitrogens with zero attached hydrogens (tertiary/aromatic N) is 2. The second kappa shape index (κ2) is 10.3. The van der Waals surface area contributed by atoms with E-state index in [0.29, 0.717) is 37.0 Å². The van der Waals surface area contributed by atoms with E-state index in [1.165, 1.54) is 6.08 Å². The van der Waals surface area contributed by atoms with Crippen LogP contribution in [0, 0.1) is 0 Å². The molecule has 1 aromatic heterocycles. The third-order valence-corrected chi connectivity index (χ3v) is 4.32. The summed E-state index contributed by atoms with van der Waals surface area (Å²) in [6, 6.07) is 9.20. The van der Waals surface area contributed by atoms with Crippen LogP contribution in [0.3, 0.4) is 0 Å². The van der Waals surface area contributed by atoms with Gasteiger partial charge in [0.15, 0.2) is 11.5 Å². The molecule has 0 radical (unpaired) electrons. The summed E-state index contributed by atoms with van der Waals surface area (Å²) in [6.45, 7) is 7.08. The maximum Gasteiger partial charge on any atom is 0.248 e. The molecular weight excluding hydrogens is 370 g/mol. The van der Waals surface area contributed by atoms with Crippen molar-refractivity contribution in [2.75, 3.05) is 50.2 Å². The zero-order valence-electron chi connectivity index (χ0n) is 16.5. The van der Waals surface area contributed by atoms with Gasteiger partial charge in [0.25, 0.3) is 0 Å². The van der Waals surface area contributed by atoms with Gasteiger partial charge in [0, 0.05) is 19.2 Å². The number of carbonyl (C=O) groups is 1. The molecule has 0 aliphatic carbocycles. The summed E-state index contributed by atoms with van der Waals surface area (Å²) in [4.78, 5) is 18.8. The molecule has 0 unspecified atom stereocenters. The molecule has 1 N–H and O–H groups in total. The van der Waals surface area contributed by atoms with Crippen LogP contribution in [0.25, 0.3) is 6.08 Å². The number of rotatable bonds is 8. The molecule has 3 rings (SSSR count). The Hall–Kier alpha value is -3.32.